The van der Waals surface area contributed by atoms with Crippen LogP contribution in [0, 0.1) is 0 Å². The molecule has 0 aliphatic carbocycles. The second-order valence-electron chi connectivity index (χ2n) is 2.77. The van der Waals surface area contributed by atoms with Crippen LogP contribution in [0.4, 0.5) is 0 Å². The quantitative estimate of drug-likeness (QED) is 0.490. The molecule has 0 fully saturated rings. The molecule has 0 saturated carbocycles. The molecule has 0 amide bonds. The molecule has 12 heavy (non-hydrogen) atoms. The summed E-state index contributed by atoms with van der Waals surface area (Å²) in [6.07, 6.45) is -0.163. The number of rotatable bonds is 6. The van der Waals surface area contributed by atoms with E-state index in [4.69, 9.17) is 21.3 Å². The van der Waals surface area contributed by atoms with E-state index in [0.717, 1.165) is 0 Å². The average Bonchev–Trinajstić information content (AvgIpc) is 2.00. The van der Waals surface area contributed by atoms with Gasteiger partial charge in [-0.15, -0.1) is 0 Å². The van der Waals surface area contributed by atoms with Crippen molar-refractivity contribution < 1.29 is 14.6 Å². The van der Waals surface area contributed by atoms with E-state index in [1.54, 1.807) is 0 Å². The molecule has 0 aromatic rings. The van der Waals surface area contributed by atoms with E-state index in [2.05, 4.69) is 0 Å². The van der Waals surface area contributed by atoms with Crippen LogP contribution in [0.1, 0.15) is 13.3 Å². The summed E-state index contributed by atoms with van der Waals surface area (Å²) in [4.78, 5) is 10.3. The zero-order valence-electron chi connectivity index (χ0n) is 7.25. The van der Waals surface area contributed by atoms with E-state index in [0.29, 0.717) is 6.61 Å². The SMILES string of the molecule is CCOCC(N)(CN)CC(=O)O. The van der Waals surface area contributed by atoms with Gasteiger partial charge in [0.15, 0.2) is 0 Å². The third-order valence-electron chi connectivity index (χ3n) is 1.50. The van der Waals surface area contributed by atoms with Crippen molar-refractivity contribution in [3.8, 4) is 0 Å². The van der Waals surface area contributed by atoms with Gasteiger partial charge in [0.05, 0.1) is 18.6 Å². The molecule has 5 nitrogen and oxygen atoms in total. The molecule has 0 rings (SSSR count). The second kappa shape index (κ2) is 5.08. The first-order chi connectivity index (χ1) is 5.54. The number of aliphatic carboxylic acids is 1. The first kappa shape index (κ1) is 11.4. The lowest BCUT2D eigenvalue weighted by atomic mass is 9.98. The standard InChI is InChI=1S/C7H16N2O3/c1-2-12-5-7(9,4-8)3-6(10)11/h2-5,8-9H2,1H3,(H,10,11). The minimum Gasteiger partial charge on any atom is -0.481 e. The first-order valence-corrected chi connectivity index (χ1v) is 3.82. The van der Waals surface area contributed by atoms with E-state index in [9.17, 15) is 4.79 Å². The Hall–Kier alpha value is -0.650. The summed E-state index contributed by atoms with van der Waals surface area (Å²) in [5.41, 5.74) is 10.1. The second-order valence-corrected chi connectivity index (χ2v) is 2.77. The molecule has 0 aliphatic heterocycles. The largest absolute Gasteiger partial charge is 0.481 e. The first-order valence-electron chi connectivity index (χ1n) is 3.82. The molecule has 5 N–H and O–H groups in total. The maximum Gasteiger partial charge on any atom is 0.305 e. The molecule has 0 aliphatic rings. The van der Waals surface area contributed by atoms with Crippen molar-refractivity contribution in [3.63, 3.8) is 0 Å². The van der Waals surface area contributed by atoms with Crippen molar-refractivity contribution in [1.29, 1.82) is 0 Å². The van der Waals surface area contributed by atoms with E-state index >= 15 is 0 Å². The Balaban J connectivity index is 3.95. The predicted octanol–water partition coefficient (Wildman–Crippen LogP) is -0.846. The van der Waals surface area contributed by atoms with Crippen LogP contribution in [0.5, 0.6) is 0 Å². The fraction of sp³-hybridized carbons (Fsp3) is 0.857. The molecule has 0 aromatic carbocycles. The number of carboxylic acids is 1. The van der Waals surface area contributed by atoms with Gasteiger partial charge in [0.2, 0.25) is 0 Å². The number of ether oxygens (including phenoxy) is 1. The van der Waals surface area contributed by atoms with Gasteiger partial charge in [-0.3, -0.25) is 4.79 Å². The highest BCUT2D eigenvalue weighted by Gasteiger charge is 2.26. The molecular weight excluding hydrogens is 160 g/mol. The van der Waals surface area contributed by atoms with Crippen molar-refractivity contribution in [2.45, 2.75) is 18.9 Å². The number of hydrogen-bond donors (Lipinski definition) is 3. The molecule has 72 valence electrons. The molecule has 1 atom stereocenters. The summed E-state index contributed by atoms with van der Waals surface area (Å²) in [6, 6.07) is 0. The summed E-state index contributed by atoms with van der Waals surface area (Å²) < 4.78 is 5.02. The highest BCUT2D eigenvalue weighted by Crippen LogP contribution is 2.05. The number of carboxylic acid groups (broad SMARTS) is 1. The van der Waals surface area contributed by atoms with Crippen molar-refractivity contribution >= 4 is 5.97 Å². The zero-order valence-corrected chi connectivity index (χ0v) is 7.25. The highest BCUT2D eigenvalue weighted by molar-refractivity contribution is 5.68. The Morgan fingerprint density at radius 3 is 2.58 bits per heavy atom. The summed E-state index contributed by atoms with van der Waals surface area (Å²) in [6.45, 7) is 2.63. The third-order valence-corrected chi connectivity index (χ3v) is 1.50. The van der Waals surface area contributed by atoms with Gasteiger partial charge in [-0.1, -0.05) is 0 Å². The van der Waals surface area contributed by atoms with Crippen molar-refractivity contribution in [2.24, 2.45) is 11.5 Å². The van der Waals surface area contributed by atoms with Crippen LogP contribution in [0.2, 0.25) is 0 Å². The van der Waals surface area contributed by atoms with Gasteiger partial charge in [0.25, 0.3) is 0 Å². The maximum absolute atomic E-state index is 10.3. The molecule has 5 heteroatoms. The van der Waals surface area contributed by atoms with Crippen molar-refractivity contribution in [2.75, 3.05) is 19.8 Å². The Labute approximate surface area is 71.7 Å². The van der Waals surface area contributed by atoms with E-state index in [1.807, 2.05) is 6.92 Å². The Bertz CT molecular complexity index is 152. The van der Waals surface area contributed by atoms with Crippen LogP contribution >= 0.6 is 0 Å². The average molecular weight is 176 g/mol. The zero-order chi connectivity index (χ0) is 9.61. The van der Waals surface area contributed by atoms with E-state index < -0.39 is 11.5 Å². The molecular formula is C7H16N2O3. The summed E-state index contributed by atoms with van der Waals surface area (Å²) in [5.74, 6) is -0.956. The van der Waals surface area contributed by atoms with Gasteiger partial charge in [-0.2, -0.15) is 0 Å². The van der Waals surface area contributed by atoms with Gasteiger partial charge in [-0.05, 0) is 6.92 Å². The molecule has 0 spiro atoms. The highest BCUT2D eigenvalue weighted by atomic mass is 16.5. The minimum atomic E-state index is -0.956. The summed E-state index contributed by atoms with van der Waals surface area (Å²) in [5, 5.41) is 8.49. The Morgan fingerprint density at radius 2 is 2.25 bits per heavy atom. The lowest BCUT2D eigenvalue weighted by molar-refractivity contribution is -0.138. The van der Waals surface area contributed by atoms with Crippen LogP contribution in [-0.2, 0) is 9.53 Å². The maximum atomic E-state index is 10.3. The van der Waals surface area contributed by atoms with Crippen LogP contribution in [-0.4, -0.2) is 36.4 Å². The van der Waals surface area contributed by atoms with Gasteiger partial charge >= 0.3 is 5.97 Å². The fourth-order valence-electron chi connectivity index (χ4n) is 0.789. The minimum absolute atomic E-state index is 0.110. The monoisotopic (exact) mass is 176 g/mol. The lowest BCUT2D eigenvalue weighted by Gasteiger charge is -2.25. The molecule has 0 bridgehead atoms. The van der Waals surface area contributed by atoms with E-state index in [-0.39, 0.29) is 19.6 Å². The van der Waals surface area contributed by atoms with Crippen LogP contribution in [0.15, 0.2) is 0 Å². The molecule has 0 heterocycles. The fourth-order valence-corrected chi connectivity index (χ4v) is 0.789. The lowest BCUT2D eigenvalue weighted by Crippen LogP contribution is -2.52. The number of hydrogen-bond acceptors (Lipinski definition) is 4. The number of nitrogens with two attached hydrogens (primary N) is 2. The van der Waals surface area contributed by atoms with Gasteiger partial charge in [0, 0.05) is 13.2 Å². The van der Waals surface area contributed by atoms with Gasteiger partial charge < -0.3 is 21.3 Å². The summed E-state index contributed by atoms with van der Waals surface area (Å²) in [7, 11) is 0. The number of carbonyl (C=O) groups is 1. The molecule has 0 saturated heterocycles. The van der Waals surface area contributed by atoms with Crippen molar-refractivity contribution in [1.82, 2.24) is 0 Å². The predicted molar refractivity (Wildman–Crippen MR) is 44.7 cm³/mol. The van der Waals surface area contributed by atoms with Gasteiger partial charge in [0.1, 0.15) is 0 Å². The molecule has 0 aromatic heterocycles. The van der Waals surface area contributed by atoms with Gasteiger partial charge in [-0.25, -0.2) is 0 Å². The third kappa shape index (κ3) is 4.27. The van der Waals surface area contributed by atoms with E-state index in [1.165, 1.54) is 0 Å². The van der Waals surface area contributed by atoms with Crippen LogP contribution in [0.25, 0.3) is 0 Å². The topological polar surface area (TPSA) is 98.6 Å². The Kier molecular flexibility index (Phi) is 4.80. The normalized spacial score (nSPS) is 15.6. The van der Waals surface area contributed by atoms with Crippen molar-refractivity contribution in [3.05, 3.63) is 0 Å². The molecule has 1 unspecified atom stereocenters. The smallest absolute Gasteiger partial charge is 0.305 e. The summed E-state index contributed by atoms with van der Waals surface area (Å²) >= 11 is 0. The molecule has 0 radical (unpaired) electrons. The Morgan fingerprint density at radius 1 is 1.67 bits per heavy atom. The van der Waals surface area contributed by atoms with Crippen LogP contribution < -0.4 is 11.5 Å². The van der Waals surface area contributed by atoms with Crippen LogP contribution in [0.3, 0.4) is 0 Å².